The average molecular weight is 162 g/mol. The highest BCUT2D eigenvalue weighted by molar-refractivity contribution is 5.39. The second kappa shape index (κ2) is 2.81. The Kier molecular flexibility index (Phi) is 1.80. The number of rotatable bonds is 1. The molecule has 1 aromatic rings. The first-order chi connectivity index (χ1) is 5.79. The Morgan fingerprint density at radius 2 is 2.08 bits per heavy atom. The van der Waals surface area contributed by atoms with Gasteiger partial charge in [-0.15, -0.1) is 0 Å². The van der Waals surface area contributed by atoms with E-state index < -0.39 is 0 Å². The number of benzene rings is 1. The van der Waals surface area contributed by atoms with Crippen molar-refractivity contribution in [1.82, 2.24) is 0 Å². The Morgan fingerprint density at radius 3 is 2.83 bits per heavy atom. The van der Waals surface area contributed by atoms with Crippen molar-refractivity contribution in [3.63, 3.8) is 0 Å². The molecule has 0 saturated carbocycles. The summed E-state index contributed by atoms with van der Waals surface area (Å²) in [4.78, 5) is 0. The molecule has 1 nitrogen and oxygen atoms in total. The second-order valence-electron chi connectivity index (χ2n) is 3.70. The molecule has 1 heteroatoms. The summed E-state index contributed by atoms with van der Waals surface area (Å²) in [7, 11) is 0. The average Bonchev–Trinajstić information content (AvgIpc) is 2.47. The van der Waals surface area contributed by atoms with E-state index in [1.807, 2.05) is 6.07 Å². The van der Waals surface area contributed by atoms with Crippen molar-refractivity contribution in [2.45, 2.75) is 19.8 Å². The maximum atomic E-state index is 5.57. The molecule has 0 spiro atoms. The molecule has 1 aromatic carbocycles. The molecule has 0 fully saturated rings. The van der Waals surface area contributed by atoms with Gasteiger partial charge in [0.2, 0.25) is 0 Å². The normalized spacial score (nSPS) is 20.8. The van der Waals surface area contributed by atoms with Gasteiger partial charge in [0, 0.05) is 11.5 Å². The Hall–Kier alpha value is -0.980. The minimum absolute atomic E-state index is 0.598. The summed E-state index contributed by atoms with van der Waals surface area (Å²) in [5, 5.41) is 0. The van der Waals surface area contributed by atoms with Gasteiger partial charge < -0.3 is 4.74 Å². The third-order valence-electron chi connectivity index (χ3n) is 2.54. The van der Waals surface area contributed by atoms with Crippen LogP contribution in [0.3, 0.4) is 0 Å². The first kappa shape index (κ1) is 7.66. The molecule has 0 unspecified atom stereocenters. The highest BCUT2D eigenvalue weighted by Gasteiger charge is 2.25. The van der Waals surface area contributed by atoms with E-state index in [9.17, 15) is 0 Å². The van der Waals surface area contributed by atoms with E-state index in [4.69, 9.17) is 4.74 Å². The van der Waals surface area contributed by atoms with Crippen molar-refractivity contribution in [1.29, 1.82) is 0 Å². The van der Waals surface area contributed by atoms with Crippen LogP contribution in [0.1, 0.15) is 25.3 Å². The lowest BCUT2D eigenvalue weighted by Crippen LogP contribution is -2.07. The zero-order valence-electron chi connectivity index (χ0n) is 7.58. The van der Waals surface area contributed by atoms with Crippen molar-refractivity contribution in [3.8, 4) is 5.75 Å². The zero-order chi connectivity index (χ0) is 8.55. The van der Waals surface area contributed by atoms with Crippen LogP contribution in [0.25, 0.3) is 0 Å². The number of hydrogen-bond acceptors (Lipinski definition) is 1. The molecule has 12 heavy (non-hydrogen) atoms. The van der Waals surface area contributed by atoms with Gasteiger partial charge in [-0.3, -0.25) is 0 Å². The first-order valence-corrected chi connectivity index (χ1v) is 4.51. The van der Waals surface area contributed by atoms with Gasteiger partial charge in [0.15, 0.2) is 0 Å². The molecule has 1 aliphatic rings. The van der Waals surface area contributed by atoms with Crippen molar-refractivity contribution in [3.05, 3.63) is 29.8 Å². The van der Waals surface area contributed by atoms with Crippen LogP contribution in [0.5, 0.6) is 5.75 Å². The number of para-hydroxylation sites is 1. The number of hydrogen-bond donors (Lipinski definition) is 0. The maximum Gasteiger partial charge on any atom is 0.122 e. The summed E-state index contributed by atoms with van der Waals surface area (Å²) in [5.74, 6) is 2.35. The van der Waals surface area contributed by atoms with Gasteiger partial charge in [0.25, 0.3) is 0 Å². The Balaban J connectivity index is 2.36. The summed E-state index contributed by atoms with van der Waals surface area (Å²) < 4.78 is 5.57. The fourth-order valence-electron chi connectivity index (χ4n) is 1.74. The van der Waals surface area contributed by atoms with Gasteiger partial charge in [-0.2, -0.15) is 0 Å². The van der Waals surface area contributed by atoms with E-state index in [1.165, 1.54) is 5.56 Å². The van der Waals surface area contributed by atoms with Gasteiger partial charge in [0.05, 0.1) is 6.61 Å². The van der Waals surface area contributed by atoms with E-state index in [1.54, 1.807) is 0 Å². The van der Waals surface area contributed by atoms with E-state index in [0.29, 0.717) is 11.8 Å². The third-order valence-corrected chi connectivity index (χ3v) is 2.54. The molecule has 1 heterocycles. The van der Waals surface area contributed by atoms with Crippen LogP contribution in [0.15, 0.2) is 24.3 Å². The minimum Gasteiger partial charge on any atom is -0.493 e. The predicted molar refractivity (Wildman–Crippen MR) is 49.5 cm³/mol. The molecule has 2 rings (SSSR count). The molecule has 64 valence electrons. The number of ether oxygens (including phenoxy) is 1. The van der Waals surface area contributed by atoms with Crippen LogP contribution in [-0.4, -0.2) is 6.61 Å². The van der Waals surface area contributed by atoms with Crippen molar-refractivity contribution in [2.24, 2.45) is 5.92 Å². The lowest BCUT2D eigenvalue weighted by Gasteiger charge is -2.11. The molecule has 0 saturated heterocycles. The molecule has 0 aromatic heterocycles. The van der Waals surface area contributed by atoms with Crippen molar-refractivity contribution in [2.75, 3.05) is 6.61 Å². The fraction of sp³-hybridized carbons (Fsp3) is 0.455. The molecule has 1 aliphatic heterocycles. The van der Waals surface area contributed by atoms with Gasteiger partial charge in [-0.1, -0.05) is 32.0 Å². The highest BCUT2D eigenvalue weighted by Crippen LogP contribution is 2.37. The minimum atomic E-state index is 0.598. The van der Waals surface area contributed by atoms with Crippen LogP contribution in [-0.2, 0) is 0 Å². The van der Waals surface area contributed by atoms with Crippen LogP contribution in [0.4, 0.5) is 0 Å². The van der Waals surface area contributed by atoms with Gasteiger partial charge in [-0.05, 0) is 12.0 Å². The standard InChI is InChI=1S/C11H14O/c1-8(2)10-7-12-11-6-4-3-5-9(10)11/h3-6,8,10H,7H2,1-2H3/t10-/m0/s1. The molecule has 0 N–H and O–H groups in total. The Morgan fingerprint density at radius 1 is 1.33 bits per heavy atom. The smallest absolute Gasteiger partial charge is 0.122 e. The van der Waals surface area contributed by atoms with Gasteiger partial charge in [-0.25, -0.2) is 0 Å². The van der Waals surface area contributed by atoms with Crippen LogP contribution in [0, 0.1) is 5.92 Å². The summed E-state index contributed by atoms with van der Waals surface area (Å²) in [6, 6.07) is 8.34. The van der Waals surface area contributed by atoms with Crippen molar-refractivity contribution >= 4 is 0 Å². The third kappa shape index (κ3) is 1.09. The lowest BCUT2D eigenvalue weighted by molar-refractivity contribution is 0.304. The van der Waals surface area contributed by atoms with Gasteiger partial charge in [0.1, 0.15) is 5.75 Å². The maximum absolute atomic E-state index is 5.57. The second-order valence-corrected chi connectivity index (χ2v) is 3.70. The molecule has 0 amide bonds. The molecular formula is C11H14O. The van der Waals surface area contributed by atoms with Crippen LogP contribution in [0.2, 0.25) is 0 Å². The summed E-state index contributed by atoms with van der Waals surface area (Å²) in [6.07, 6.45) is 0. The molecule has 1 atom stereocenters. The monoisotopic (exact) mass is 162 g/mol. The van der Waals surface area contributed by atoms with E-state index in [0.717, 1.165) is 12.4 Å². The SMILES string of the molecule is CC(C)[C@@H]1COc2ccccc21. The largest absolute Gasteiger partial charge is 0.493 e. The quantitative estimate of drug-likeness (QED) is 0.617. The fourth-order valence-corrected chi connectivity index (χ4v) is 1.74. The summed E-state index contributed by atoms with van der Waals surface area (Å²) in [5.41, 5.74) is 1.38. The summed E-state index contributed by atoms with van der Waals surface area (Å²) in [6.45, 7) is 5.35. The number of fused-ring (bicyclic) bond motifs is 1. The van der Waals surface area contributed by atoms with Crippen LogP contribution >= 0.6 is 0 Å². The lowest BCUT2D eigenvalue weighted by atomic mass is 9.90. The van der Waals surface area contributed by atoms with E-state index in [-0.39, 0.29) is 0 Å². The molecular weight excluding hydrogens is 148 g/mol. The van der Waals surface area contributed by atoms with E-state index in [2.05, 4.69) is 32.0 Å². The molecule has 0 radical (unpaired) electrons. The Bertz CT molecular complexity index is 278. The van der Waals surface area contributed by atoms with Gasteiger partial charge >= 0.3 is 0 Å². The Labute approximate surface area is 73.4 Å². The topological polar surface area (TPSA) is 9.23 Å². The van der Waals surface area contributed by atoms with Crippen LogP contribution < -0.4 is 4.74 Å². The predicted octanol–water partition coefficient (Wildman–Crippen LogP) is 2.82. The van der Waals surface area contributed by atoms with Crippen molar-refractivity contribution < 1.29 is 4.74 Å². The zero-order valence-corrected chi connectivity index (χ0v) is 7.58. The first-order valence-electron chi connectivity index (χ1n) is 4.51. The van der Waals surface area contributed by atoms with E-state index >= 15 is 0 Å². The molecule has 0 bridgehead atoms. The highest BCUT2D eigenvalue weighted by atomic mass is 16.5. The molecule has 0 aliphatic carbocycles. The summed E-state index contributed by atoms with van der Waals surface area (Å²) >= 11 is 0.